The average molecular weight is 383 g/mol. The van der Waals surface area contributed by atoms with Crippen molar-refractivity contribution in [2.45, 2.75) is 6.54 Å². The zero-order valence-corrected chi connectivity index (χ0v) is 12.4. The molecule has 0 unspecified atom stereocenters. The SMILES string of the molecule is Fc1cc(Cl)c(NCc2ccc(Br)o2)c(Br)c1. The Kier molecular flexibility index (Phi) is 4.12. The van der Waals surface area contributed by atoms with Gasteiger partial charge in [0.05, 0.1) is 17.3 Å². The molecule has 0 aliphatic rings. The molecule has 1 heterocycles. The topological polar surface area (TPSA) is 25.2 Å². The van der Waals surface area contributed by atoms with Crippen molar-refractivity contribution in [3.8, 4) is 0 Å². The second-order valence-electron chi connectivity index (χ2n) is 3.30. The predicted molar refractivity (Wildman–Crippen MR) is 72.8 cm³/mol. The fourth-order valence-corrected chi connectivity index (χ4v) is 2.63. The van der Waals surface area contributed by atoms with Crippen LogP contribution in [0.4, 0.5) is 10.1 Å². The first-order valence-electron chi connectivity index (χ1n) is 4.69. The van der Waals surface area contributed by atoms with Crippen molar-refractivity contribution in [2.75, 3.05) is 5.32 Å². The van der Waals surface area contributed by atoms with Crippen LogP contribution in [0.3, 0.4) is 0 Å². The number of anilines is 1. The molecule has 0 bridgehead atoms. The molecule has 1 aromatic heterocycles. The highest BCUT2D eigenvalue weighted by atomic mass is 79.9. The van der Waals surface area contributed by atoms with Gasteiger partial charge in [-0.25, -0.2) is 4.39 Å². The van der Waals surface area contributed by atoms with Crippen molar-refractivity contribution in [1.29, 1.82) is 0 Å². The maximum Gasteiger partial charge on any atom is 0.169 e. The first kappa shape index (κ1) is 12.9. The van der Waals surface area contributed by atoms with Crippen LogP contribution in [0.2, 0.25) is 5.02 Å². The van der Waals surface area contributed by atoms with E-state index in [1.807, 2.05) is 6.07 Å². The van der Waals surface area contributed by atoms with Gasteiger partial charge in [0.15, 0.2) is 4.67 Å². The number of benzene rings is 1. The van der Waals surface area contributed by atoms with Crippen LogP contribution in [0, 0.1) is 5.82 Å². The van der Waals surface area contributed by atoms with Crippen LogP contribution < -0.4 is 5.32 Å². The summed E-state index contributed by atoms with van der Waals surface area (Å²) in [5.41, 5.74) is 0.639. The lowest BCUT2D eigenvalue weighted by Crippen LogP contribution is -2.00. The fraction of sp³-hybridized carbons (Fsp3) is 0.0909. The molecule has 0 radical (unpaired) electrons. The van der Waals surface area contributed by atoms with Gasteiger partial charge in [0.1, 0.15) is 11.6 Å². The molecule has 2 nitrogen and oxygen atoms in total. The van der Waals surface area contributed by atoms with Gasteiger partial charge in [0.25, 0.3) is 0 Å². The minimum absolute atomic E-state index is 0.322. The number of hydrogen-bond acceptors (Lipinski definition) is 2. The van der Waals surface area contributed by atoms with Gasteiger partial charge in [0, 0.05) is 4.47 Å². The van der Waals surface area contributed by atoms with Crippen LogP contribution in [0.25, 0.3) is 0 Å². The quantitative estimate of drug-likeness (QED) is 0.787. The molecule has 1 aromatic carbocycles. The summed E-state index contributed by atoms with van der Waals surface area (Å²) in [6.45, 7) is 0.468. The van der Waals surface area contributed by atoms with E-state index < -0.39 is 0 Å². The summed E-state index contributed by atoms with van der Waals surface area (Å²) in [4.78, 5) is 0. The van der Waals surface area contributed by atoms with E-state index in [0.29, 0.717) is 26.4 Å². The Labute approximate surface area is 119 Å². The number of rotatable bonds is 3. The molecule has 0 aliphatic carbocycles. The largest absolute Gasteiger partial charge is 0.452 e. The van der Waals surface area contributed by atoms with E-state index in [1.165, 1.54) is 12.1 Å². The van der Waals surface area contributed by atoms with Crippen LogP contribution in [0.5, 0.6) is 0 Å². The van der Waals surface area contributed by atoms with E-state index in [-0.39, 0.29) is 5.82 Å². The van der Waals surface area contributed by atoms with E-state index in [1.54, 1.807) is 6.07 Å². The van der Waals surface area contributed by atoms with Crippen LogP contribution in [-0.2, 0) is 6.54 Å². The van der Waals surface area contributed by atoms with Crippen LogP contribution in [0.1, 0.15) is 5.76 Å². The lowest BCUT2D eigenvalue weighted by Gasteiger charge is -2.09. The lowest BCUT2D eigenvalue weighted by molar-refractivity contribution is 0.495. The third kappa shape index (κ3) is 3.24. The Morgan fingerprint density at radius 3 is 2.65 bits per heavy atom. The monoisotopic (exact) mass is 381 g/mol. The molecule has 0 atom stereocenters. The summed E-state index contributed by atoms with van der Waals surface area (Å²) in [5, 5.41) is 3.40. The molecule has 0 saturated heterocycles. The first-order chi connectivity index (χ1) is 8.06. The molecule has 1 N–H and O–H groups in total. The zero-order valence-electron chi connectivity index (χ0n) is 8.44. The van der Waals surface area contributed by atoms with Gasteiger partial charge >= 0.3 is 0 Å². The Morgan fingerprint density at radius 2 is 2.06 bits per heavy atom. The van der Waals surface area contributed by atoms with Crippen molar-refractivity contribution < 1.29 is 8.81 Å². The average Bonchev–Trinajstić information content (AvgIpc) is 2.62. The van der Waals surface area contributed by atoms with E-state index in [2.05, 4.69) is 37.2 Å². The Morgan fingerprint density at radius 1 is 1.29 bits per heavy atom. The standard InChI is InChI=1S/C11H7Br2ClFNO/c12-8-3-6(15)4-9(14)11(8)16-5-7-1-2-10(13)17-7/h1-4,16H,5H2. The summed E-state index contributed by atoms with van der Waals surface area (Å²) in [6.07, 6.45) is 0. The number of nitrogens with one attached hydrogen (secondary N) is 1. The van der Waals surface area contributed by atoms with Crippen molar-refractivity contribution in [1.82, 2.24) is 0 Å². The minimum Gasteiger partial charge on any atom is -0.452 e. The predicted octanol–water partition coefficient (Wildman–Crippen LogP) is 5.21. The first-order valence-corrected chi connectivity index (χ1v) is 6.65. The van der Waals surface area contributed by atoms with Gasteiger partial charge in [-0.2, -0.15) is 0 Å². The van der Waals surface area contributed by atoms with Crippen molar-refractivity contribution in [2.24, 2.45) is 0 Å². The smallest absolute Gasteiger partial charge is 0.169 e. The Hall–Kier alpha value is -0.520. The molecule has 0 spiro atoms. The third-order valence-electron chi connectivity index (χ3n) is 2.08. The molecule has 0 amide bonds. The van der Waals surface area contributed by atoms with E-state index >= 15 is 0 Å². The molecule has 6 heteroatoms. The van der Waals surface area contributed by atoms with Crippen LogP contribution in [-0.4, -0.2) is 0 Å². The number of halogens is 4. The number of furan rings is 1. The third-order valence-corrected chi connectivity index (χ3v) is 3.42. The zero-order chi connectivity index (χ0) is 12.4. The number of hydrogen-bond donors (Lipinski definition) is 1. The summed E-state index contributed by atoms with van der Waals surface area (Å²) in [6, 6.07) is 6.25. The summed E-state index contributed by atoms with van der Waals surface area (Å²) >= 11 is 12.4. The molecule has 0 saturated carbocycles. The minimum atomic E-state index is -0.381. The van der Waals surface area contributed by atoms with E-state index in [0.717, 1.165) is 5.76 Å². The van der Waals surface area contributed by atoms with E-state index in [4.69, 9.17) is 16.0 Å². The normalized spacial score (nSPS) is 10.6. The Bertz CT molecular complexity index is 521. The highest BCUT2D eigenvalue weighted by Crippen LogP contribution is 2.32. The fourth-order valence-electron chi connectivity index (χ4n) is 1.33. The van der Waals surface area contributed by atoms with Gasteiger partial charge in [-0.1, -0.05) is 11.6 Å². The molecular formula is C11H7Br2ClFNO. The lowest BCUT2D eigenvalue weighted by atomic mass is 10.3. The molecule has 90 valence electrons. The highest BCUT2D eigenvalue weighted by Gasteiger charge is 2.08. The summed E-state index contributed by atoms with van der Waals surface area (Å²) in [7, 11) is 0. The molecule has 2 rings (SSSR count). The maximum absolute atomic E-state index is 13.0. The van der Waals surface area contributed by atoms with Crippen LogP contribution >= 0.6 is 43.5 Å². The molecule has 17 heavy (non-hydrogen) atoms. The van der Waals surface area contributed by atoms with Gasteiger partial charge in [-0.05, 0) is 56.1 Å². The summed E-state index contributed by atoms with van der Waals surface area (Å²) < 4.78 is 19.6. The van der Waals surface area contributed by atoms with Gasteiger partial charge < -0.3 is 9.73 Å². The van der Waals surface area contributed by atoms with Crippen molar-refractivity contribution in [3.63, 3.8) is 0 Å². The molecule has 0 fully saturated rings. The van der Waals surface area contributed by atoms with Gasteiger partial charge in [0.2, 0.25) is 0 Å². The second kappa shape index (κ2) is 5.42. The van der Waals surface area contributed by atoms with E-state index in [9.17, 15) is 4.39 Å². The Balaban J connectivity index is 2.14. The van der Waals surface area contributed by atoms with Crippen LogP contribution in [0.15, 0.2) is 37.8 Å². The van der Waals surface area contributed by atoms with Gasteiger partial charge in [-0.15, -0.1) is 0 Å². The molecular weight excluding hydrogens is 376 g/mol. The second-order valence-corrected chi connectivity index (χ2v) is 5.35. The molecule has 2 aromatic rings. The highest BCUT2D eigenvalue weighted by molar-refractivity contribution is 9.10. The molecule has 0 aliphatic heterocycles. The van der Waals surface area contributed by atoms with Gasteiger partial charge in [-0.3, -0.25) is 0 Å². The summed E-state index contributed by atoms with van der Waals surface area (Å²) in [5.74, 6) is 0.373. The maximum atomic E-state index is 13.0. The van der Waals surface area contributed by atoms with Crippen molar-refractivity contribution in [3.05, 3.63) is 50.0 Å². The van der Waals surface area contributed by atoms with Crippen molar-refractivity contribution >= 4 is 49.1 Å².